The average molecular weight is 674 g/mol. The molecule has 0 spiro atoms. The van der Waals surface area contributed by atoms with Crippen LogP contribution in [0.2, 0.25) is 0 Å². The molecule has 0 aliphatic carbocycles. The third-order valence-corrected chi connectivity index (χ3v) is 11.7. The minimum absolute atomic E-state index is 0.660. The van der Waals surface area contributed by atoms with Gasteiger partial charge in [-0.1, -0.05) is 109 Å². The quantitative estimate of drug-likeness (QED) is 0.182. The SMILES string of the molecule is c1ccc(-c2cc(-c3ccccc3)c3sc4ccc(-c5nc(-c6ccccc6)nc(-c6ccc7sc8ccccc8c7c6)n5)cc4c3c2)cc1. The normalized spacial score (nSPS) is 11.6. The van der Waals surface area contributed by atoms with Crippen molar-refractivity contribution < 1.29 is 0 Å². The van der Waals surface area contributed by atoms with E-state index in [9.17, 15) is 0 Å². The predicted octanol–water partition coefficient (Wildman–Crippen LogP) is 12.9. The Morgan fingerprint density at radius 1 is 0.300 bits per heavy atom. The first-order valence-corrected chi connectivity index (χ1v) is 18.2. The summed E-state index contributed by atoms with van der Waals surface area (Å²) in [6.45, 7) is 0. The third-order valence-electron chi connectivity index (χ3n) is 9.32. The van der Waals surface area contributed by atoms with Gasteiger partial charge in [0.25, 0.3) is 0 Å². The molecule has 0 amide bonds. The smallest absolute Gasteiger partial charge is 0.164 e. The van der Waals surface area contributed by atoms with Crippen molar-refractivity contribution >= 4 is 63.0 Å². The molecule has 0 atom stereocenters. The van der Waals surface area contributed by atoms with E-state index < -0.39 is 0 Å². The molecule has 0 saturated carbocycles. The van der Waals surface area contributed by atoms with Crippen LogP contribution in [0.3, 0.4) is 0 Å². The summed E-state index contributed by atoms with van der Waals surface area (Å²) in [4.78, 5) is 15.3. The lowest BCUT2D eigenvalue weighted by atomic mass is 9.96. The largest absolute Gasteiger partial charge is 0.208 e. The van der Waals surface area contributed by atoms with E-state index in [-0.39, 0.29) is 0 Å². The van der Waals surface area contributed by atoms with Crippen molar-refractivity contribution in [2.45, 2.75) is 0 Å². The van der Waals surface area contributed by atoms with Crippen molar-refractivity contribution in [3.63, 3.8) is 0 Å². The summed E-state index contributed by atoms with van der Waals surface area (Å²) in [5.74, 6) is 1.99. The highest BCUT2D eigenvalue weighted by Gasteiger charge is 2.17. The van der Waals surface area contributed by atoms with Gasteiger partial charge in [0.1, 0.15) is 0 Å². The van der Waals surface area contributed by atoms with Crippen molar-refractivity contribution in [1.82, 2.24) is 15.0 Å². The van der Waals surface area contributed by atoms with E-state index in [1.807, 2.05) is 40.9 Å². The van der Waals surface area contributed by atoms with Crippen LogP contribution < -0.4 is 0 Å². The van der Waals surface area contributed by atoms with Crippen LogP contribution in [-0.2, 0) is 0 Å². The van der Waals surface area contributed by atoms with Gasteiger partial charge < -0.3 is 0 Å². The molecule has 234 valence electrons. The van der Waals surface area contributed by atoms with Gasteiger partial charge in [0, 0.05) is 62.6 Å². The average Bonchev–Trinajstić information content (AvgIpc) is 3.76. The van der Waals surface area contributed by atoms with Crippen LogP contribution in [0.5, 0.6) is 0 Å². The lowest BCUT2D eigenvalue weighted by molar-refractivity contribution is 1.08. The lowest BCUT2D eigenvalue weighted by Crippen LogP contribution is -2.00. The number of hydrogen-bond acceptors (Lipinski definition) is 5. The van der Waals surface area contributed by atoms with Gasteiger partial charge in [-0.05, 0) is 71.3 Å². The van der Waals surface area contributed by atoms with Crippen LogP contribution >= 0.6 is 22.7 Å². The van der Waals surface area contributed by atoms with E-state index in [1.54, 1.807) is 0 Å². The fourth-order valence-corrected chi connectivity index (χ4v) is 9.15. The minimum atomic E-state index is 0.660. The number of benzene rings is 7. The van der Waals surface area contributed by atoms with E-state index in [1.165, 1.54) is 62.6 Å². The Bertz CT molecular complexity index is 2860. The molecule has 7 aromatic carbocycles. The number of thiophene rings is 2. The van der Waals surface area contributed by atoms with E-state index in [0.29, 0.717) is 17.5 Å². The molecule has 0 bridgehead atoms. The Kier molecular flexibility index (Phi) is 6.86. The van der Waals surface area contributed by atoms with Crippen LogP contribution in [0.25, 0.3) is 96.8 Å². The molecule has 0 unspecified atom stereocenters. The van der Waals surface area contributed by atoms with Crippen LogP contribution in [0, 0.1) is 0 Å². The highest BCUT2D eigenvalue weighted by molar-refractivity contribution is 7.26. The van der Waals surface area contributed by atoms with Crippen molar-refractivity contribution in [1.29, 1.82) is 0 Å². The second kappa shape index (κ2) is 11.8. The standard InChI is InChI=1S/C45H27N3S2/c1-4-12-28(13-5-1)33-26-35(29-14-6-2-7-15-29)42-38(27-33)37-25-32(21-23-41(37)50-42)45-47-43(30-16-8-3-9-17-30)46-44(48-45)31-20-22-40-36(24-31)34-18-10-11-19-39(34)49-40/h1-27H. The summed E-state index contributed by atoms with van der Waals surface area (Å²) >= 11 is 3.66. The van der Waals surface area contributed by atoms with Gasteiger partial charge in [0.2, 0.25) is 0 Å². The van der Waals surface area contributed by atoms with E-state index >= 15 is 0 Å². The zero-order chi connectivity index (χ0) is 33.0. The molecule has 0 saturated heterocycles. The number of fused-ring (bicyclic) bond motifs is 6. The summed E-state index contributed by atoms with van der Waals surface area (Å²) in [7, 11) is 0. The fraction of sp³-hybridized carbons (Fsp3) is 0. The van der Waals surface area contributed by atoms with Gasteiger partial charge in [-0.15, -0.1) is 22.7 Å². The monoisotopic (exact) mass is 673 g/mol. The number of nitrogens with zero attached hydrogens (tertiary/aromatic N) is 3. The molecule has 0 aliphatic rings. The van der Waals surface area contributed by atoms with Crippen LogP contribution in [0.1, 0.15) is 0 Å². The molecule has 10 rings (SSSR count). The predicted molar refractivity (Wildman–Crippen MR) is 213 cm³/mol. The highest BCUT2D eigenvalue weighted by Crippen LogP contribution is 2.44. The Morgan fingerprint density at radius 2 is 0.780 bits per heavy atom. The number of aromatic nitrogens is 3. The van der Waals surface area contributed by atoms with E-state index in [0.717, 1.165) is 16.7 Å². The number of hydrogen-bond donors (Lipinski definition) is 0. The zero-order valence-electron chi connectivity index (χ0n) is 26.7. The first-order chi connectivity index (χ1) is 24.7. The molecule has 0 aliphatic heterocycles. The van der Waals surface area contributed by atoms with Crippen LogP contribution in [-0.4, -0.2) is 15.0 Å². The first kappa shape index (κ1) is 29.0. The molecule has 0 fully saturated rings. The van der Waals surface area contributed by atoms with Gasteiger partial charge in [-0.3, -0.25) is 0 Å². The van der Waals surface area contributed by atoms with Crippen molar-refractivity contribution in [3.8, 4) is 56.4 Å². The molecule has 5 heteroatoms. The maximum absolute atomic E-state index is 5.16. The third kappa shape index (κ3) is 4.98. The Morgan fingerprint density at radius 3 is 1.44 bits per heavy atom. The second-order valence-corrected chi connectivity index (χ2v) is 14.6. The topological polar surface area (TPSA) is 38.7 Å². The summed E-state index contributed by atoms with van der Waals surface area (Å²) < 4.78 is 5.05. The molecule has 50 heavy (non-hydrogen) atoms. The fourth-order valence-electron chi connectivity index (χ4n) is 6.86. The summed E-state index contributed by atoms with van der Waals surface area (Å²) in [5.41, 5.74) is 7.76. The lowest BCUT2D eigenvalue weighted by Gasteiger charge is -2.10. The Balaban J connectivity index is 1.18. The van der Waals surface area contributed by atoms with Crippen LogP contribution in [0.4, 0.5) is 0 Å². The van der Waals surface area contributed by atoms with Crippen molar-refractivity contribution in [2.24, 2.45) is 0 Å². The molecule has 3 heterocycles. The maximum Gasteiger partial charge on any atom is 0.164 e. The number of rotatable bonds is 5. The molecule has 3 aromatic heterocycles. The van der Waals surface area contributed by atoms with E-state index in [2.05, 4.69) is 146 Å². The molecule has 0 N–H and O–H groups in total. The summed E-state index contributed by atoms with van der Waals surface area (Å²) in [6.07, 6.45) is 0. The second-order valence-electron chi connectivity index (χ2n) is 12.4. The molecule has 3 nitrogen and oxygen atoms in total. The minimum Gasteiger partial charge on any atom is -0.208 e. The zero-order valence-corrected chi connectivity index (χ0v) is 28.4. The summed E-state index contributed by atoms with van der Waals surface area (Å²) in [6, 6.07) is 58.0. The molecule has 10 aromatic rings. The molecule has 0 radical (unpaired) electrons. The molecular formula is C45H27N3S2. The van der Waals surface area contributed by atoms with Crippen molar-refractivity contribution in [2.75, 3.05) is 0 Å². The highest BCUT2D eigenvalue weighted by atomic mass is 32.1. The maximum atomic E-state index is 5.16. The van der Waals surface area contributed by atoms with E-state index in [4.69, 9.17) is 15.0 Å². The Labute approximate surface area is 296 Å². The van der Waals surface area contributed by atoms with Gasteiger partial charge in [-0.2, -0.15) is 0 Å². The summed E-state index contributed by atoms with van der Waals surface area (Å²) in [5, 5.41) is 4.92. The van der Waals surface area contributed by atoms with Gasteiger partial charge >= 0.3 is 0 Å². The van der Waals surface area contributed by atoms with Crippen LogP contribution in [0.15, 0.2) is 164 Å². The van der Waals surface area contributed by atoms with Crippen molar-refractivity contribution in [3.05, 3.63) is 164 Å². The molecular weight excluding hydrogens is 647 g/mol. The van der Waals surface area contributed by atoms with Gasteiger partial charge in [-0.25, -0.2) is 15.0 Å². The van der Waals surface area contributed by atoms with Gasteiger partial charge in [0.15, 0.2) is 17.5 Å². The van der Waals surface area contributed by atoms with Gasteiger partial charge in [0.05, 0.1) is 0 Å². The Hall–Kier alpha value is -6.01. The first-order valence-electron chi connectivity index (χ1n) is 16.6.